The zero-order chi connectivity index (χ0) is 31.5. The normalized spacial score (nSPS) is 11.1. The molecular formula is C33H34N2O9. The quantitative estimate of drug-likeness (QED) is 0.0766. The van der Waals surface area contributed by atoms with Crippen LogP contribution in [0.2, 0.25) is 0 Å². The van der Waals surface area contributed by atoms with Gasteiger partial charge in [-0.2, -0.15) is 0 Å². The van der Waals surface area contributed by atoms with Gasteiger partial charge >= 0.3 is 5.97 Å². The molecule has 11 nitrogen and oxygen atoms in total. The molecule has 44 heavy (non-hydrogen) atoms. The minimum atomic E-state index is -1.27. The van der Waals surface area contributed by atoms with Crippen LogP contribution in [-0.4, -0.2) is 40.6 Å². The molecule has 0 bridgehead atoms. The van der Waals surface area contributed by atoms with E-state index < -0.39 is 11.9 Å². The molecule has 0 unspecified atom stereocenters. The third kappa shape index (κ3) is 9.20. The number of anilines is 2. The van der Waals surface area contributed by atoms with Crippen LogP contribution in [0.25, 0.3) is 0 Å². The number of aromatic carboxylic acids is 1. The van der Waals surface area contributed by atoms with E-state index in [2.05, 4.69) is 15.7 Å². The van der Waals surface area contributed by atoms with Gasteiger partial charge in [0.15, 0.2) is 0 Å². The van der Waals surface area contributed by atoms with E-state index in [9.17, 15) is 19.8 Å². The van der Waals surface area contributed by atoms with Crippen molar-refractivity contribution in [3.63, 3.8) is 0 Å². The Morgan fingerprint density at radius 3 is 1.89 bits per heavy atom. The first-order chi connectivity index (χ1) is 21.1. The molecule has 0 aliphatic carbocycles. The van der Waals surface area contributed by atoms with Crippen molar-refractivity contribution in [1.82, 2.24) is 0 Å². The molecule has 4 aromatic rings. The van der Waals surface area contributed by atoms with Crippen LogP contribution in [-0.2, 0) is 22.9 Å². The fraction of sp³-hybridized carbons (Fsp3) is 0.212. The standard InChI is InChI=1S/C33H34N2O9/c1-33(2,21-42-28-14-9-25(10-15-28)35-43-18-22-5-3-4-6-23(22)19-44-40)20-41-27-12-7-24(8-13-27)34-31(37)30-17-26(36)11-16-29(30)32(38)39/h3-17,35-36,40H,18-21H2,1-2H3,(H,34,37)(H,38,39). The number of phenols is 1. The molecule has 0 aliphatic rings. The van der Waals surface area contributed by atoms with Crippen molar-refractivity contribution in [1.29, 1.82) is 0 Å². The molecule has 0 spiro atoms. The van der Waals surface area contributed by atoms with Crippen molar-refractivity contribution in [3.05, 3.63) is 113 Å². The second kappa shape index (κ2) is 14.9. The summed E-state index contributed by atoms with van der Waals surface area (Å²) in [6, 6.07) is 25.0. The van der Waals surface area contributed by atoms with Crippen molar-refractivity contribution >= 4 is 23.3 Å². The van der Waals surface area contributed by atoms with E-state index in [4.69, 9.17) is 19.6 Å². The first-order valence-corrected chi connectivity index (χ1v) is 13.7. The zero-order valence-electron chi connectivity index (χ0n) is 24.3. The number of amides is 1. The van der Waals surface area contributed by atoms with Gasteiger partial charge in [0, 0.05) is 11.1 Å². The van der Waals surface area contributed by atoms with E-state index in [1.807, 2.05) is 62.4 Å². The monoisotopic (exact) mass is 602 g/mol. The van der Waals surface area contributed by atoms with Gasteiger partial charge in [-0.1, -0.05) is 38.1 Å². The number of nitrogens with one attached hydrogen (secondary N) is 2. The Labute approximate surface area is 254 Å². The van der Waals surface area contributed by atoms with Gasteiger partial charge < -0.3 is 25.0 Å². The van der Waals surface area contributed by atoms with Crippen LogP contribution in [0.15, 0.2) is 91.0 Å². The Morgan fingerprint density at radius 1 is 0.750 bits per heavy atom. The summed E-state index contributed by atoms with van der Waals surface area (Å²) in [6.45, 7) is 5.15. The van der Waals surface area contributed by atoms with Gasteiger partial charge in [0.25, 0.3) is 5.91 Å². The van der Waals surface area contributed by atoms with E-state index in [0.29, 0.717) is 30.4 Å². The number of phenolic OH excluding ortho intramolecular Hbond substituents is 1. The summed E-state index contributed by atoms with van der Waals surface area (Å²) in [7, 11) is 0. The number of rotatable bonds is 15. The van der Waals surface area contributed by atoms with Gasteiger partial charge in [0.05, 0.1) is 36.6 Å². The first-order valence-electron chi connectivity index (χ1n) is 13.7. The number of hydrogen-bond donors (Lipinski definition) is 5. The van der Waals surface area contributed by atoms with Gasteiger partial charge in [-0.05, 0) is 77.9 Å². The zero-order valence-corrected chi connectivity index (χ0v) is 24.3. The van der Waals surface area contributed by atoms with Crippen molar-refractivity contribution in [2.75, 3.05) is 24.0 Å². The molecule has 0 heterocycles. The van der Waals surface area contributed by atoms with E-state index in [1.54, 1.807) is 24.3 Å². The molecule has 0 saturated heterocycles. The summed E-state index contributed by atoms with van der Waals surface area (Å²) in [5.74, 6) is -0.861. The molecule has 0 atom stereocenters. The Hall–Kier alpha value is -5.10. The van der Waals surface area contributed by atoms with Crippen LogP contribution in [0.5, 0.6) is 17.2 Å². The lowest BCUT2D eigenvalue weighted by Gasteiger charge is -2.25. The smallest absolute Gasteiger partial charge is 0.336 e. The maximum atomic E-state index is 12.6. The lowest BCUT2D eigenvalue weighted by molar-refractivity contribution is -0.253. The highest BCUT2D eigenvalue weighted by molar-refractivity contribution is 6.11. The fourth-order valence-electron chi connectivity index (χ4n) is 4.06. The molecule has 4 rings (SSSR count). The first kappa shape index (κ1) is 31.8. The molecule has 1 amide bonds. The average molecular weight is 603 g/mol. The average Bonchev–Trinajstić information content (AvgIpc) is 3.01. The third-order valence-corrected chi connectivity index (χ3v) is 6.46. The predicted molar refractivity (Wildman–Crippen MR) is 163 cm³/mol. The number of carboxylic acid groups (broad SMARTS) is 1. The lowest BCUT2D eigenvalue weighted by Crippen LogP contribution is -2.28. The molecular weight excluding hydrogens is 568 g/mol. The SMILES string of the molecule is CC(C)(COc1ccc(NOCc2ccccc2COO)cc1)COc1ccc(NC(=O)c2cc(O)ccc2C(=O)O)cc1. The Morgan fingerprint density at radius 2 is 1.32 bits per heavy atom. The van der Waals surface area contributed by atoms with E-state index in [1.165, 1.54) is 12.1 Å². The number of benzene rings is 4. The molecule has 4 aromatic carbocycles. The van der Waals surface area contributed by atoms with Gasteiger partial charge in [-0.15, -0.1) is 0 Å². The Balaban J connectivity index is 1.21. The summed E-state index contributed by atoms with van der Waals surface area (Å²) in [5, 5.41) is 30.4. The second-order valence-corrected chi connectivity index (χ2v) is 10.7. The predicted octanol–water partition coefficient (Wildman–Crippen LogP) is 6.36. The third-order valence-electron chi connectivity index (χ3n) is 6.46. The lowest BCUT2D eigenvalue weighted by atomic mass is 9.96. The Bertz CT molecular complexity index is 1550. The van der Waals surface area contributed by atoms with Crippen molar-refractivity contribution in [2.45, 2.75) is 27.1 Å². The van der Waals surface area contributed by atoms with E-state index in [0.717, 1.165) is 22.9 Å². The maximum Gasteiger partial charge on any atom is 0.336 e. The van der Waals surface area contributed by atoms with Crippen molar-refractivity contribution in [2.24, 2.45) is 5.41 Å². The van der Waals surface area contributed by atoms with Crippen LogP contribution >= 0.6 is 0 Å². The summed E-state index contributed by atoms with van der Waals surface area (Å²) in [5.41, 5.74) is 5.11. The van der Waals surface area contributed by atoms with Crippen LogP contribution in [0, 0.1) is 5.41 Å². The molecule has 0 radical (unpaired) electrons. The van der Waals surface area contributed by atoms with Crippen LogP contribution in [0.3, 0.4) is 0 Å². The van der Waals surface area contributed by atoms with Crippen molar-refractivity contribution in [3.8, 4) is 17.2 Å². The largest absolute Gasteiger partial charge is 0.508 e. The highest BCUT2D eigenvalue weighted by Crippen LogP contribution is 2.24. The summed E-state index contributed by atoms with van der Waals surface area (Å²) < 4.78 is 11.9. The van der Waals surface area contributed by atoms with Crippen LogP contribution in [0.1, 0.15) is 45.7 Å². The second-order valence-electron chi connectivity index (χ2n) is 10.7. The number of carboxylic acids is 1. The van der Waals surface area contributed by atoms with Crippen LogP contribution in [0.4, 0.5) is 11.4 Å². The molecule has 0 aliphatic heterocycles. The molecule has 11 heteroatoms. The van der Waals surface area contributed by atoms with Crippen molar-refractivity contribution < 1.29 is 44.3 Å². The number of ether oxygens (including phenoxy) is 2. The topological polar surface area (TPSA) is 156 Å². The number of carbonyl (C=O) groups is 2. The van der Waals surface area contributed by atoms with Gasteiger partial charge in [0.1, 0.15) is 23.9 Å². The maximum absolute atomic E-state index is 12.6. The minimum Gasteiger partial charge on any atom is -0.508 e. The van der Waals surface area contributed by atoms with E-state index in [-0.39, 0.29) is 35.5 Å². The number of hydrogen-bond acceptors (Lipinski definition) is 9. The molecule has 5 N–H and O–H groups in total. The number of carbonyl (C=O) groups excluding carboxylic acids is 1. The van der Waals surface area contributed by atoms with Gasteiger partial charge in [0.2, 0.25) is 0 Å². The minimum absolute atomic E-state index is 0.0829. The Kier molecular flexibility index (Phi) is 10.8. The van der Waals surface area contributed by atoms with Crippen LogP contribution < -0.4 is 20.3 Å². The molecule has 230 valence electrons. The van der Waals surface area contributed by atoms with Gasteiger partial charge in [-0.3, -0.25) is 20.4 Å². The summed E-state index contributed by atoms with van der Waals surface area (Å²) >= 11 is 0. The van der Waals surface area contributed by atoms with E-state index >= 15 is 0 Å². The molecule has 0 saturated carbocycles. The summed E-state index contributed by atoms with van der Waals surface area (Å²) in [6.07, 6.45) is 0. The van der Waals surface area contributed by atoms with Gasteiger partial charge in [-0.25, -0.2) is 9.68 Å². The highest BCUT2D eigenvalue weighted by Gasteiger charge is 2.21. The summed E-state index contributed by atoms with van der Waals surface area (Å²) in [4.78, 5) is 33.9. The number of aromatic hydroxyl groups is 1. The fourth-order valence-corrected chi connectivity index (χ4v) is 4.06. The highest BCUT2D eigenvalue weighted by atomic mass is 17.1. The molecule has 0 aromatic heterocycles. The molecule has 0 fully saturated rings.